The lowest BCUT2D eigenvalue weighted by atomic mass is 10.1. The van der Waals surface area contributed by atoms with Crippen LogP contribution in [-0.4, -0.2) is 46.1 Å². The van der Waals surface area contributed by atoms with Crippen molar-refractivity contribution in [2.24, 2.45) is 7.05 Å². The molecule has 4 aromatic rings. The van der Waals surface area contributed by atoms with Crippen molar-refractivity contribution < 1.29 is 13.5 Å². The highest BCUT2D eigenvalue weighted by atomic mass is 19.1. The van der Waals surface area contributed by atoms with Gasteiger partial charge in [0.1, 0.15) is 23.1 Å². The molecule has 0 radical (unpaired) electrons. The molecule has 2 N–H and O–H groups in total. The minimum atomic E-state index is -0.793. The van der Waals surface area contributed by atoms with Gasteiger partial charge in [-0.25, -0.2) is 13.8 Å². The van der Waals surface area contributed by atoms with Gasteiger partial charge in [0.2, 0.25) is 0 Å². The van der Waals surface area contributed by atoms with Crippen LogP contribution in [0.4, 0.5) is 26.0 Å². The van der Waals surface area contributed by atoms with E-state index in [1.807, 2.05) is 6.07 Å². The number of hydrogen-bond acceptors (Lipinski definition) is 6. The summed E-state index contributed by atoms with van der Waals surface area (Å²) in [4.78, 5) is 19.4. The van der Waals surface area contributed by atoms with Crippen molar-refractivity contribution >= 4 is 28.1 Å². The third kappa shape index (κ3) is 3.48. The van der Waals surface area contributed by atoms with E-state index in [4.69, 9.17) is 4.74 Å². The third-order valence-electron chi connectivity index (χ3n) is 5.56. The number of morpholine rings is 1. The number of nitrogens with one attached hydrogen (secondary N) is 2. The average Bonchev–Trinajstić information content (AvgIpc) is 3.34. The maximum atomic E-state index is 15.3. The Hall–Kier alpha value is -3.79. The first-order valence-electron chi connectivity index (χ1n) is 10.1. The number of hydrogen-bond donors (Lipinski definition) is 2. The van der Waals surface area contributed by atoms with Gasteiger partial charge in [-0.2, -0.15) is 5.10 Å². The highest BCUT2D eigenvalue weighted by molar-refractivity contribution is 5.88. The Morgan fingerprint density at radius 1 is 1.16 bits per heavy atom. The quantitative estimate of drug-likeness (QED) is 0.509. The van der Waals surface area contributed by atoms with Crippen molar-refractivity contribution in [3.63, 3.8) is 0 Å². The molecule has 0 atom stereocenters. The number of aromatic nitrogens is 4. The second kappa shape index (κ2) is 8.04. The molecule has 10 heteroatoms. The molecule has 164 valence electrons. The molecule has 0 saturated carbocycles. The minimum Gasteiger partial charge on any atom is -0.378 e. The first-order chi connectivity index (χ1) is 15.5. The summed E-state index contributed by atoms with van der Waals surface area (Å²) in [5, 5.41) is 9.49. The van der Waals surface area contributed by atoms with Crippen molar-refractivity contribution in [1.82, 2.24) is 19.7 Å². The van der Waals surface area contributed by atoms with Crippen molar-refractivity contribution in [3.05, 3.63) is 64.7 Å². The Bertz CT molecular complexity index is 1330. The van der Waals surface area contributed by atoms with E-state index in [0.717, 1.165) is 24.8 Å². The van der Waals surface area contributed by atoms with Gasteiger partial charge in [-0.15, -0.1) is 0 Å². The number of benzene rings is 1. The Morgan fingerprint density at radius 2 is 1.97 bits per heavy atom. The molecule has 0 bridgehead atoms. The minimum absolute atomic E-state index is 0.0962. The van der Waals surface area contributed by atoms with Gasteiger partial charge in [0.05, 0.1) is 41.9 Å². The van der Waals surface area contributed by atoms with E-state index in [0.29, 0.717) is 19.0 Å². The first-order valence-corrected chi connectivity index (χ1v) is 10.1. The van der Waals surface area contributed by atoms with Gasteiger partial charge in [-0.3, -0.25) is 9.89 Å². The summed E-state index contributed by atoms with van der Waals surface area (Å²) in [5.41, 5.74) is 0.691. The van der Waals surface area contributed by atoms with E-state index >= 15 is 4.39 Å². The number of rotatable bonds is 4. The van der Waals surface area contributed by atoms with Crippen LogP contribution in [0.3, 0.4) is 0 Å². The Balaban J connectivity index is 1.53. The van der Waals surface area contributed by atoms with Gasteiger partial charge in [0.15, 0.2) is 0 Å². The molecule has 1 aliphatic heterocycles. The molecule has 32 heavy (non-hydrogen) atoms. The van der Waals surface area contributed by atoms with Crippen molar-refractivity contribution in [3.8, 4) is 11.3 Å². The number of H-pyrrole nitrogens is 1. The maximum Gasteiger partial charge on any atom is 0.274 e. The molecule has 1 saturated heterocycles. The fourth-order valence-electron chi connectivity index (χ4n) is 3.86. The molecule has 0 unspecified atom stereocenters. The smallest absolute Gasteiger partial charge is 0.274 e. The van der Waals surface area contributed by atoms with Gasteiger partial charge < -0.3 is 19.5 Å². The van der Waals surface area contributed by atoms with E-state index in [9.17, 15) is 9.18 Å². The highest BCUT2D eigenvalue weighted by Crippen LogP contribution is 2.31. The monoisotopic (exact) mass is 438 g/mol. The zero-order chi connectivity index (χ0) is 22.2. The lowest BCUT2D eigenvalue weighted by Crippen LogP contribution is -2.36. The van der Waals surface area contributed by atoms with Gasteiger partial charge >= 0.3 is 0 Å². The predicted octanol–water partition coefficient (Wildman–Crippen LogP) is 3.18. The Morgan fingerprint density at radius 3 is 2.66 bits per heavy atom. The Labute approximate surface area is 181 Å². The van der Waals surface area contributed by atoms with Gasteiger partial charge in [-0.05, 0) is 30.3 Å². The van der Waals surface area contributed by atoms with Gasteiger partial charge in [-0.1, -0.05) is 0 Å². The summed E-state index contributed by atoms with van der Waals surface area (Å²) in [6.07, 6.45) is 3.20. The van der Waals surface area contributed by atoms with Crippen LogP contribution >= 0.6 is 0 Å². The zero-order valence-electron chi connectivity index (χ0n) is 17.2. The largest absolute Gasteiger partial charge is 0.378 e. The lowest BCUT2D eigenvalue weighted by molar-refractivity contribution is 0.122. The molecule has 0 aliphatic carbocycles. The van der Waals surface area contributed by atoms with Crippen LogP contribution in [0.2, 0.25) is 0 Å². The van der Waals surface area contributed by atoms with Gasteiger partial charge in [0.25, 0.3) is 5.56 Å². The number of pyridine rings is 2. The Kier molecular flexibility index (Phi) is 5.06. The van der Waals surface area contributed by atoms with E-state index < -0.39 is 17.2 Å². The van der Waals surface area contributed by atoms with Crippen molar-refractivity contribution in [2.45, 2.75) is 0 Å². The molecule has 0 amide bonds. The summed E-state index contributed by atoms with van der Waals surface area (Å²) < 4.78 is 36.5. The molecule has 1 aromatic carbocycles. The van der Waals surface area contributed by atoms with Crippen LogP contribution in [-0.2, 0) is 11.8 Å². The van der Waals surface area contributed by atoms with Crippen LogP contribution in [0.5, 0.6) is 0 Å². The number of aromatic amines is 1. The predicted molar refractivity (Wildman–Crippen MR) is 117 cm³/mol. The highest BCUT2D eigenvalue weighted by Gasteiger charge is 2.20. The number of anilines is 3. The summed E-state index contributed by atoms with van der Waals surface area (Å²) in [6.45, 7) is 2.90. The third-order valence-corrected chi connectivity index (χ3v) is 5.56. The van der Waals surface area contributed by atoms with Crippen molar-refractivity contribution in [1.29, 1.82) is 0 Å². The fourth-order valence-corrected chi connectivity index (χ4v) is 3.86. The number of halogens is 2. The summed E-state index contributed by atoms with van der Waals surface area (Å²) in [6, 6.07) is 7.65. The van der Waals surface area contributed by atoms with E-state index in [2.05, 4.69) is 25.4 Å². The van der Waals surface area contributed by atoms with Crippen LogP contribution in [0.15, 0.2) is 47.5 Å². The zero-order valence-corrected chi connectivity index (χ0v) is 17.2. The molecule has 4 heterocycles. The van der Waals surface area contributed by atoms with Crippen LogP contribution in [0, 0.1) is 11.6 Å². The molecular weight excluding hydrogens is 418 g/mol. The molecule has 1 fully saturated rings. The first kappa shape index (κ1) is 20.1. The fraction of sp³-hybridized carbons (Fsp3) is 0.227. The van der Waals surface area contributed by atoms with E-state index in [1.165, 1.54) is 29.9 Å². The maximum absolute atomic E-state index is 15.3. The average molecular weight is 438 g/mol. The standard InChI is InChI=1S/C22H20F2N6O2/c1-29-18-11-15(23)20(16-4-5-26-28-16)21(24)14(18)10-17(22(29)31)27-19-3-2-13(12-25-19)30-6-8-32-9-7-30/h2-5,10-12H,6-9H2,1H3,(H,25,27)(H,26,28). The summed E-state index contributed by atoms with van der Waals surface area (Å²) in [7, 11) is 1.47. The lowest BCUT2D eigenvalue weighted by Gasteiger charge is -2.28. The number of aryl methyl sites for hydroxylation is 1. The summed E-state index contributed by atoms with van der Waals surface area (Å²) >= 11 is 0. The molecule has 1 aliphatic rings. The number of nitrogens with zero attached hydrogens (tertiary/aromatic N) is 4. The SMILES string of the molecule is Cn1c(=O)c(Nc2ccc(N3CCOCC3)cn2)cc2c(F)c(-c3cc[nH]n3)c(F)cc21. The topological polar surface area (TPSA) is 88.1 Å². The second-order valence-corrected chi connectivity index (χ2v) is 7.49. The van der Waals surface area contributed by atoms with E-state index in [1.54, 1.807) is 12.3 Å². The molecule has 0 spiro atoms. The normalized spacial score (nSPS) is 14.2. The molecule has 8 nitrogen and oxygen atoms in total. The van der Waals surface area contributed by atoms with Crippen LogP contribution in [0.25, 0.3) is 22.2 Å². The number of ether oxygens (including phenoxy) is 1. The molecule has 3 aromatic heterocycles. The van der Waals surface area contributed by atoms with E-state index in [-0.39, 0.29) is 27.8 Å². The van der Waals surface area contributed by atoms with Gasteiger partial charge in [0, 0.05) is 31.7 Å². The van der Waals surface area contributed by atoms with Crippen LogP contribution < -0.4 is 15.8 Å². The molecule has 5 rings (SSSR count). The second-order valence-electron chi connectivity index (χ2n) is 7.49. The van der Waals surface area contributed by atoms with Crippen molar-refractivity contribution in [2.75, 3.05) is 36.5 Å². The number of fused-ring (bicyclic) bond motifs is 1. The van der Waals surface area contributed by atoms with Crippen LogP contribution in [0.1, 0.15) is 0 Å². The molecular formula is C22H20F2N6O2. The summed E-state index contributed by atoms with van der Waals surface area (Å²) in [5.74, 6) is -1.15.